The van der Waals surface area contributed by atoms with Gasteiger partial charge in [-0.3, -0.25) is 4.79 Å². The summed E-state index contributed by atoms with van der Waals surface area (Å²) in [7, 11) is -6.00. The molecule has 2 aromatic rings. The van der Waals surface area contributed by atoms with Crippen LogP contribution in [0, 0.1) is 6.92 Å². The normalized spacial score (nSPS) is 12.0. The van der Waals surface area contributed by atoms with Crippen LogP contribution in [0.25, 0.3) is 0 Å². The van der Waals surface area contributed by atoms with E-state index in [9.17, 15) is 22.1 Å². The SMILES string of the molecule is CCOC(=O)C(CCCCCCCCCCCc1ccc(C)cc1)c1ccc([SH2+])cc1.F[B-](F)(F)F. The Balaban J connectivity index is 0.00000118. The molecule has 0 saturated heterocycles. The third-order valence-corrected chi connectivity index (χ3v) is 6.30. The predicted molar refractivity (Wildman–Crippen MR) is 145 cm³/mol. The first-order valence-electron chi connectivity index (χ1n) is 13.0. The van der Waals surface area contributed by atoms with E-state index in [-0.39, 0.29) is 11.9 Å². The predicted octanol–water partition coefficient (Wildman–Crippen LogP) is 8.46. The van der Waals surface area contributed by atoms with Gasteiger partial charge in [0.2, 0.25) is 0 Å². The van der Waals surface area contributed by atoms with Crippen molar-refractivity contribution in [1.29, 1.82) is 0 Å². The molecule has 0 fully saturated rings. The number of benzene rings is 2. The van der Waals surface area contributed by atoms with Gasteiger partial charge in [-0.15, -0.1) is 0 Å². The summed E-state index contributed by atoms with van der Waals surface area (Å²) in [5.41, 5.74) is 3.87. The lowest BCUT2D eigenvalue weighted by molar-refractivity contribution is -0.145. The average Bonchev–Trinajstić information content (AvgIpc) is 2.81. The minimum Gasteiger partial charge on any atom is -0.466 e. The van der Waals surface area contributed by atoms with E-state index in [1.807, 2.05) is 31.2 Å². The minimum atomic E-state index is -6.00. The number of halogens is 4. The van der Waals surface area contributed by atoms with E-state index in [2.05, 4.69) is 43.8 Å². The molecule has 0 bridgehead atoms. The van der Waals surface area contributed by atoms with E-state index in [0.717, 1.165) is 23.3 Å². The third-order valence-electron chi connectivity index (χ3n) is 5.96. The fraction of sp³-hybridized carbons (Fsp3) is 0.536. The van der Waals surface area contributed by atoms with Gasteiger partial charge in [-0.1, -0.05) is 93.3 Å². The number of hydrogen-bond donors (Lipinski definition) is 0. The Morgan fingerprint density at radius 3 is 1.78 bits per heavy atom. The van der Waals surface area contributed by atoms with Crippen molar-refractivity contribution in [3.8, 4) is 0 Å². The van der Waals surface area contributed by atoms with E-state index in [0.29, 0.717) is 6.61 Å². The largest absolute Gasteiger partial charge is 0.673 e. The standard InChI is InChI=1S/C28H40O2S.BF4/c1-3-30-28(29)27(25-19-21-26(31)22-20-25)14-12-10-8-6-4-5-7-9-11-13-24-17-15-23(2)16-18-24;2-1(3,4)5/h15-22,27,31H,3-14H2,1-2H3;/q;-1/p+1. The summed E-state index contributed by atoms with van der Waals surface area (Å²) in [6.07, 6.45) is 13.6. The van der Waals surface area contributed by atoms with Crippen molar-refractivity contribution in [3.63, 3.8) is 0 Å². The molecule has 0 aliphatic carbocycles. The molecule has 0 amide bonds. The molecule has 1 atom stereocenters. The molecular formula is C28H41BF4O2S. The summed E-state index contributed by atoms with van der Waals surface area (Å²) in [4.78, 5) is 13.4. The zero-order chi connectivity index (χ0) is 26.8. The zero-order valence-electron chi connectivity index (χ0n) is 21.6. The van der Waals surface area contributed by atoms with Crippen LogP contribution < -0.4 is 0 Å². The van der Waals surface area contributed by atoms with Crippen molar-refractivity contribution in [1.82, 2.24) is 0 Å². The zero-order valence-corrected chi connectivity index (χ0v) is 22.6. The van der Waals surface area contributed by atoms with Crippen molar-refractivity contribution in [2.24, 2.45) is 0 Å². The summed E-state index contributed by atoms with van der Waals surface area (Å²) >= 11 is 3.52. The van der Waals surface area contributed by atoms with Gasteiger partial charge in [-0.2, -0.15) is 0 Å². The van der Waals surface area contributed by atoms with E-state index in [1.54, 1.807) is 0 Å². The molecule has 0 radical (unpaired) electrons. The first-order chi connectivity index (χ1) is 17.1. The van der Waals surface area contributed by atoms with Gasteiger partial charge in [0.05, 0.1) is 12.5 Å². The van der Waals surface area contributed by atoms with Crippen molar-refractivity contribution in [3.05, 3.63) is 65.2 Å². The van der Waals surface area contributed by atoms with E-state index in [1.165, 1.54) is 68.9 Å². The first-order valence-corrected chi connectivity index (χ1v) is 13.5. The lowest BCUT2D eigenvalue weighted by Crippen LogP contribution is -2.16. The molecule has 2 rings (SSSR count). The summed E-state index contributed by atoms with van der Waals surface area (Å²) in [6.45, 7) is 4.46. The molecule has 0 aliphatic rings. The lowest BCUT2D eigenvalue weighted by atomic mass is 9.93. The van der Waals surface area contributed by atoms with Gasteiger partial charge < -0.3 is 22.0 Å². The van der Waals surface area contributed by atoms with Crippen LogP contribution in [0.2, 0.25) is 0 Å². The Morgan fingerprint density at radius 1 is 0.806 bits per heavy atom. The van der Waals surface area contributed by atoms with Crippen molar-refractivity contribution in [2.75, 3.05) is 6.61 Å². The number of esters is 1. The van der Waals surface area contributed by atoms with E-state index in [4.69, 9.17) is 4.74 Å². The Bertz CT molecular complexity index is 836. The molecule has 2 aromatic carbocycles. The summed E-state index contributed by atoms with van der Waals surface area (Å²) in [5.74, 6) is -0.226. The molecule has 0 saturated carbocycles. The maximum absolute atomic E-state index is 12.4. The van der Waals surface area contributed by atoms with Gasteiger partial charge in [0.15, 0.2) is 0 Å². The highest BCUT2D eigenvalue weighted by molar-refractivity contribution is 7.58. The number of unbranched alkanes of at least 4 members (excludes halogenated alkanes) is 8. The van der Waals surface area contributed by atoms with E-state index >= 15 is 0 Å². The third kappa shape index (κ3) is 16.7. The van der Waals surface area contributed by atoms with E-state index < -0.39 is 7.25 Å². The molecule has 0 spiro atoms. The molecule has 0 heterocycles. The summed E-state index contributed by atoms with van der Waals surface area (Å²) < 4.78 is 44.3. The Labute approximate surface area is 219 Å². The average molecular weight is 529 g/mol. The number of carbonyl (C=O) groups excluding carboxylic acids is 1. The number of carbonyl (C=O) groups is 1. The first kappa shape index (κ1) is 32.1. The van der Waals surface area contributed by atoms with Crippen LogP contribution in [-0.4, -0.2) is 19.8 Å². The topological polar surface area (TPSA) is 26.3 Å². The van der Waals surface area contributed by atoms with Gasteiger partial charge in [0, 0.05) is 0 Å². The summed E-state index contributed by atoms with van der Waals surface area (Å²) in [6, 6.07) is 17.0. The molecule has 0 aliphatic heterocycles. The van der Waals surface area contributed by atoms with Crippen molar-refractivity contribution < 1.29 is 26.8 Å². The Hall–Kier alpha value is -1.96. The fourth-order valence-electron chi connectivity index (χ4n) is 4.05. The van der Waals surface area contributed by atoms with Crippen LogP contribution in [0.3, 0.4) is 0 Å². The second-order valence-corrected chi connectivity index (χ2v) is 9.71. The molecule has 0 N–H and O–H groups in total. The highest BCUT2D eigenvalue weighted by Gasteiger charge is 2.22. The number of rotatable bonds is 15. The van der Waals surface area contributed by atoms with Gasteiger partial charge in [-0.05, 0) is 69.0 Å². The molecule has 2 nitrogen and oxygen atoms in total. The lowest BCUT2D eigenvalue weighted by Gasteiger charge is -2.16. The van der Waals surface area contributed by atoms with Crippen molar-refractivity contribution >= 4 is 25.9 Å². The summed E-state index contributed by atoms with van der Waals surface area (Å²) in [5, 5.41) is 0. The van der Waals surface area contributed by atoms with Crippen LogP contribution >= 0.6 is 0 Å². The Kier molecular flexibility index (Phi) is 16.3. The second kappa shape index (κ2) is 18.3. The highest BCUT2D eigenvalue weighted by atomic mass is 32.1. The Morgan fingerprint density at radius 2 is 1.28 bits per heavy atom. The number of hydrogen-bond acceptors (Lipinski definition) is 2. The smallest absolute Gasteiger partial charge is 0.466 e. The van der Waals surface area contributed by atoms with Gasteiger partial charge in [0.25, 0.3) is 0 Å². The molecule has 36 heavy (non-hydrogen) atoms. The van der Waals surface area contributed by atoms with Crippen LogP contribution in [0.15, 0.2) is 53.4 Å². The van der Waals surface area contributed by atoms with Gasteiger partial charge in [-0.25, -0.2) is 0 Å². The van der Waals surface area contributed by atoms with Crippen LogP contribution in [0.4, 0.5) is 17.3 Å². The molecule has 1 unspecified atom stereocenters. The molecule has 202 valence electrons. The quantitative estimate of drug-likeness (QED) is 0.0762. The van der Waals surface area contributed by atoms with Gasteiger partial charge in [0.1, 0.15) is 4.90 Å². The maximum atomic E-state index is 12.4. The second-order valence-electron chi connectivity index (χ2n) is 9.13. The van der Waals surface area contributed by atoms with Gasteiger partial charge >= 0.3 is 13.2 Å². The minimum absolute atomic E-state index is 0.0881. The van der Waals surface area contributed by atoms with Crippen LogP contribution in [-0.2, 0) is 28.6 Å². The molecule has 8 heteroatoms. The molecule has 0 aromatic heterocycles. The highest BCUT2D eigenvalue weighted by Crippen LogP contribution is 2.25. The maximum Gasteiger partial charge on any atom is 0.673 e. The number of aryl methyl sites for hydroxylation is 2. The van der Waals surface area contributed by atoms with Crippen LogP contribution in [0.5, 0.6) is 0 Å². The fourth-order valence-corrected chi connectivity index (χ4v) is 4.22. The monoisotopic (exact) mass is 528 g/mol. The molecular weight excluding hydrogens is 487 g/mol. The van der Waals surface area contributed by atoms with Crippen LogP contribution in [0.1, 0.15) is 93.7 Å². The number of ether oxygens (including phenoxy) is 1. The van der Waals surface area contributed by atoms with Crippen molar-refractivity contribution in [2.45, 2.75) is 95.3 Å².